The second-order valence-electron chi connectivity index (χ2n) is 4.69. The third-order valence-corrected chi connectivity index (χ3v) is 4.44. The van der Waals surface area contributed by atoms with Crippen molar-refractivity contribution in [2.75, 3.05) is 60.6 Å². The van der Waals surface area contributed by atoms with Crippen LogP contribution < -0.4 is 15.1 Å². The molecule has 0 unspecified atom stereocenters. The Hall–Kier alpha value is -0.940. The molecule has 0 aliphatic carbocycles. The minimum Gasteiger partial charge on any atom is -0.355 e. The van der Waals surface area contributed by atoms with E-state index in [0.717, 1.165) is 50.9 Å². The molecule has 2 saturated heterocycles. The molecule has 5 heteroatoms. The summed E-state index contributed by atoms with van der Waals surface area (Å²) in [4.78, 5) is 9.61. The quantitative estimate of drug-likeness (QED) is 0.863. The number of nitrogens with zero attached hydrogens (tertiary/aromatic N) is 3. The van der Waals surface area contributed by atoms with Crippen molar-refractivity contribution in [1.82, 2.24) is 10.3 Å². The average Bonchev–Trinajstić information content (AvgIpc) is 2.49. The van der Waals surface area contributed by atoms with Crippen molar-refractivity contribution in [3.8, 4) is 0 Å². The normalized spacial score (nSPS) is 21.1. The molecular formula is C13H20N4S. The molecule has 1 N–H and O–H groups in total. The van der Waals surface area contributed by atoms with Gasteiger partial charge in [-0.3, -0.25) is 0 Å². The van der Waals surface area contributed by atoms with Crippen molar-refractivity contribution in [1.29, 1.82) is 0 Å². The topological polar surface area (TPSA) is 31.4 Å². The Labute approximate surface area is 113 Å². The number of hydrogen-bond donors (Lipinski definition) is 1. The lowest BCUT2D eigenvalue weighted by atomic mass is 10.3. The predicted molar refractivity (Wildman–Crippen MR) is 78.9 cm³/mol. The lowest BCUT2D eigenvalue weighted by Crippen LogP contribution is -2.44. The van der Waals surface area contributed by atoms with E-state index in [-0.39, 0.29) is 0 Å². The molecule has 0 radical (unpaired) electrons. The van der Waals surface area contributed by atoms with Crippen molar-refractivity contribution in [3.05, 3.63) is 18.2 Å². The number of hydrogen-bond acceptors (Lipinski definition) is 5. The van der Waals surface area contributed by atoms with Gasteiger partial charge in [-0.1, -0.05) is 6.07 Å². The summed E-state index contributed by atoms with van der Waals surface area (Å²) < 4.78 is 0. The zero-order valence-corrected chi connectivity index (χ0v) is 11.5. The Morgan fingerprint density at radius 2 is 1.56 bits per heavy atom. The lowest BCUT2D eigenvalue weighted by Gasteiger charge is -2.31. The third-order valence-electron chi connectivity index (χ3n) is 3.50. The van der Waals surface area contributed by atoms with Gasteiger partial charge in [0.05, 0.1) is 0 Å². The molecule has 0 atom stereocenters. The Bertz CT molecular complexity index is 353. The molecular weight excluding hydrogens is 244 g/mol. The van der Waals surface area contributed by atoms with Crippen molar-refractivity contribution in [2.45, 2.75) is 0 Å². The first-order valence-electron chi connectivity index (χ1n) is 6.69. The number of anilines is 2. The van der Waals surface area contributed by atoms with Crippen LogP contribution in [0.3, 0.4) is 0 Å². The van der Waals surface area contributed by atoms with Gasteiger partial charge < -0.3 is 15.1 Å². The smallest absolute Gasteiger partial charge is 0.131 e. The highest BCUT2D eigenvalue weighted by Gasteiger charge is 2.15. The summed E-state index contributed by atoms with van der Waals surface area (Å²) in [5.74, 6) is 4.72. The van der Waals surface area contributed by atoms with Crippen molar-refractivity contribution < 1.29 is 0 Å². The summed E-state index contributed by atoms with van der Waals surface area (Å²) in [5, 5.41) is 3.38. The highest BCUT2D eigenvalue weighted by molar-refractivity contribution is 7.99. The largest absolute Gasteiger partial charge is 0.355 e. The van der Waals surface area contributed by atoms with Gasteiger partial charge >= 0.3 is 0 Å². The molecule has 2 aliphatic heterocycles. The van der Waals surface area contributed by atoms with E-state index in [1.165, 1.54) is 11.5 Å². The van der Waals surface area contributed by atoms with Crippen LogP contribution in [0.5, 0.6) is 0 Å². The summed E-state index contributed by atoms with van der Waals surface area (Å²) in [6, 6.07) is 6.41. The van der Waals surface area contributed by atoms with Crippen LogP contribution in [0, 0.1) is 0 Å². The van der Waals surface area contributed by atoms with E-state index in [4.69, 9.17) is 4.98 Å². The van der Waals surface area contributed by atoms with E-state index in [1.54, 1.807) is 0 Å². The number of thioether (sulfide) groups is 1. The van der Waals surface area contributed by atoms with Gasteiger partial charge in [-0.15, -0.1) is 0 Å². The van der Waals surface area contributed by atoms with Gasteiger partial charge in [0.2, 0.25) is 0 Å². The number of piperazine rings is 1. The van der Waals surface area contributed by atoms with Gasteiger partial charge in [-0.2, -0.15) is 11.8 Å². The highest BCUT2D eigenvalue weighted by atomic mass is 32.2. The Morgan fingerprint density at radius 3 is 2.22 bits per heavy atom. The molecule has 2 aliphatic rings. The first-order chi connectivity index (χ1) is 8.93. The number of nitrogens with one attached hydrogen (secondary N) is 1. The molecule has 3 heterocycles. The lowest BCUT2D eigenvalue weighted by molar-refractivity contribution is 0.585. The number of pyridine rings is 1. The van der Waals surface area contributed by atoms with E-state index >= 15 is 0 Å². The minimum atomic E-state index is 1.06. The Morgan fingerprint density at radius 1 is 0.944 bits per heavy atom. The van der Waals surface area contributed by atoms with Crippen LogP contribution in [0.15, 0.2) is 18.2 Å². The van der Waals surface area contributed by atoms with Crippen LogP contribution >= 0.6 is 11.8 Å². The molecule has 1 aromatic heterocycles. The zero-order valence-electron chi connectivity index (χ0n) is 10.6. The summed E-state index contributed by atoms with van der Waals surface area (Å²) in [6.07, 6.45) is 0. The third kappa shape index (κ3) is 2.72. The molecule has 0 bridgehead atoms. The highest BCUT2D eigenvalue weighted by Crippen LogP contribution is 2.20. The molecule has 18 heavy (non-hydrogen) atoms. The monoisotopic (exact) mass is 264 g/mol. The second kappa shape index (κ2) is 5.80. The van der Waals surface area contributed by atoms with Crippen molar-refractivity contribution in [2.24, 2.45) is 0 Å². The number of aromatic nitrogens is 1. The standard InChI is InChI=1S/C13H20N4S/c1-2-12(16-6-4-14-5-7-16)15-13(3-1)17-8-10-18-11-9-17/h1-3,14H,4-11H2. The van der Waals surface area contributed by atoms with Crippen LogP contribution in [-0.2, 0) is 0 Å². The zero-order chi connectivity index (χ0) is 12.2. The van der Waals surface area contributed by atoms with Gasteiger partial charge in [-0.05, 0) is 12.1 Å². The molecule has 98 valence electrons. The fraction of sp³-hybridized carbons (Fsp3) is 0.615. The molecule has 4 nitrogen and oxygen atoms in total. The molecule has 0 spiro atoms. The maximum absolute atomic E-state index is 4.83. The van der Waals surface area contributed by atoms with Crippen LogP contribution in [0.4, 0.5) is 11.6 Å². The van der Waals surface area contributed by atoms with E-state index in [2.05, 4.69) is 33.3 Å². The van der Waals surface area contributed by atoms with Gasteiger partial charge in [-0.25, -0.2) is 4.98 Å². The second-order valence-corrected chi connectivity index (χ2v) is 5.92. The van der Waals surface area contributed by atoms with Gasteiger partial charge in [0.15, 0.2) is 0 Å². The van der Waals surface area contributed by atoms with E-state index < -0.39 is 0 Å². The fourth-order valence-electron chi connectivity index (χ4n) is 2.45. The average molecular weight is 264 g/mol. The molecule has 0 amide bonds. The van der Waals surface area contributed by atoms with E-state index in [9.17, 15) is 0 Å². The summed E-state index contributed by atoms with van der Waals surface area (Å²) in [7, 11) is 0. The van der Waals surface area contributed by atoms with Gasteiger partial charge in [0.1, 0.15) is 11.6 Å². The van der Waals surface area contributed by atoms with Crippen molar-refractivity contribution in [3.63, 3.8) is 0 Å². The Kier molecular flexibility index (Phi) is 3.90. The summed E-state index contributed by atoms with van der Waals surface area (Å²) in [6.45, 7) is 6.50. The van der Waals surface area contributed by atoms with E-state index in [1.807, 2.05) is 11.8 Å². The fourth-order valence-corrected chi connectivity index (χ4v) is 3.35. The molecule has 1 aromatic rings. The van der Waals surface area contributed by atoms with Crippen LogP contribution in [0.25, 0.3) is 0 Å². The van der Waals surface area contributed by atoms with Crippen LogP contribution in [0.2, 0.25) is 0 Å². The maximum atomic E-state index is 4.83. The van der Waals surface area contributed by atoms with Crippen LogP contribution in [-0.4, -0.2) is 55.8 Å². The van der Waals surface area contributed by atoms with Crippen molar-refractivity contribution >= 4 is 23.4 Å². The number of rotatable bonds is 2. The van der Waals surface area contributed by atoms with Gasteiger partial charge in [0, 0.05) is 50.8 Å². The van der Waals surface area contributed by atoms with E-state index in [0.29, 0.717) is 0 Å². The maximum Gasteiger partial charge on any atom is 0.131 e. The Balaban J connectivity index is 1.75. The minimum absolute atomic E-state index is 1.06. The molecule has 0 saturated carbocycles. The molecule has 2 fully saturated rings. The molecule has 3 rings (SSSR count). The predicted octanol–water partition coefficient (Wildman–Crippen LogP) is 1.04. The van der Waals surface area contributed by atoms with Crippen LogP contribution in [0.1, 0.15) is 0 Å². The SMILES string of the molecule is c1cc(N2CCNCC2)nc(N2CCSCC2)c1. The first-order valence-corrected chi connectivity index (χ1v) is 7.84. The first kappa shape index (κ1) is 12.1. The molecule has 0 aromatic carbocycles. The summed E-state index contributed by atoms with van der Waals surface area (Å²) in [5.41, 5.74) is 0. The van der Waals surface area contributed by atoms with Gasteiger partial charge in [0.25, 0.3) is 0 Å². The summed E-state index contributed by atoms with van der Waals surface area (Å²) >= 11 is 2.04.